The Morgan fingerprint density at radius 3 is 2.72 bits per heavy atom. The summed E-state index contributed by atoms with van der Waals surface area (Å²) in [4.78, 5) is 28.7. The molecule has 0 atom stereocenters. The number of H-pyrrole nitrogens is 1. The summed E-state index contributed by atoms with van der Waals surface area (Å²) in [5, 5.41) is 11.4. The molecule has 0 aliphatic carbocycles. The first-order chi connectivity index (χ1) is 12.1. The number of nitrogens with zero attached hydrogens (tertiary/aromatic N) is 2. The number of nitro groups is 1. The molecule has 0 amide bonds. The summed E-state index contributed by atoms with van der Waals surface area (Å²) in [5.41, 5.74) is 0.636. The highest BCUT2D eigenvalue weighted by Gasteiger charge is 2.18. The first-order valence-corrected chi connectivity index (χ1v) is 7.55. The number of fused-ring (bicyclic) bond motifs is 1. The Balaban J connectivity index is 1.67. The largest absolute Gasteiger partial charge is 0.484 e. The first-order valence-electron chi connectivity index (χ1n) is 7.55. The molecule has 0 saturated carbocycles. The normalized spacial score (nSPS) is 10.7. The highest BCUT2D eigenvalue weighted by molar-refractivity contribution is 5.82. The van der Waals surface area contributed by atoms with Gasteiger partial charge < -0.3 is 14.5 Å². The molecule has 8 nitrogen and oxygen atoms in total. The number of ether oxygens (including phenoxy) is 2. The molecule has 3 aromatic rings. The van der Waals surface area contributed by atoms with Gasteiger partial charge in [-0.3, -0.25) is 14.9 Å². The van der Waals surface area contributed by atoms with Gasteiger partial charge in [-0.1, -0.05) is 30.3 Å². The van der Waals surface area contributed by atoms with Crippen molar-refractivity contribution in [3.05, 3.63) is 74.8 Å². The van der Waals surface area contributed by atoms with E-state index in [2.05, 4.69) is 9.97 Å². The van der Waals surface area contributed by atoms with E-state index in [4.69, 9.17) is 9.47 Å². The molecule has 1 aromatic heterocycles. The lowest BCUT2D eigenvalue weighted by Gasteiger charge is -2.08. The average Bonchev–Trinajstić information content (AvgIpc) is 2.62. The summed E-state index contributed by atoms with van der Waals surface area (Å²) in [6.45, 7) is 0.843. The van der Waals surface area contributed by atoms with Crippen LogP contribution >= 0.6 is 0 Å². The summed E-state index contributed by atoms with van der Waals surface area (Å²) in [7, 11) is 0. The van der Waals surface area contributed by atoms with Crippen LogP contribution in [-0.4, -0.2) is 28.1 Å². The minimum Gasteiger partial charge on any atom is -0.484 e. The summed E-state index contributed by atoms with van der Waals surface area (Å²) < 4.78 is 10.9. The van der Waals surface area contributed by atoms with E-state index in [0.717, 1.165) is 5.56 Å². The number of aromatic nitrogens is 2. The molecule has 3 rings (SSSR count). The lowest BCUT2D eigenvalue weighted by Crippen LogP contribution is -2.10. The van der Waals surface area contributed by atoms with Gasteiger partial charge in [-0.05, 0) is 5.56 Å². The quantitative estimate of drug-likeness (QED) is 0.402. The Kier molecular flexibility index (Phi) is 5.00. The maximum absolute atomic E-state index is 11.7. The molecule has 0 bridgehead atoms. The van der Waals surface area contributed by atoms with E-state index in [9.17, 15) is 14.9 Å². The second-order valence-corrected chi connectivity index (χ2v) is 5.21. The fourth-order valence-corrected chi connectivity index (χ4v) is 2.32. The summed E-state index contributed by atoms with van der Waals surface area (Å²) in [6.07, 6.45) is 1.24. The molecule has 1 heterocycles. The number of aromatic amines is 1. The monoisotopic (exact) mass is 341 g/mol. The third kappa shape index (κ3) is 3.99. The minimum absolute atomic E-state index is 0.0545. The third-order valence-corrected chi connectivity index (χ3v) is 3.51. The molecule has 0 aliphatic rings. The van der Waals surface area contributed by atoms with Gasteiger partial charge in [0.05, 0.1) is 35.4 Å². The maximum Gasteiger partial charge on any atom is 0.311 e. The molecule has 1 N–H and O–H groups in total. The molecule has 0 fully saturated rings. The maximum atomic E-state index is 11.7. The number of nitrogens with one attached hydrogen (secondary N) is 1. The van der Waals surface area contributed by atoms with Crippen LogP contribution in [0.3, 0.4) is 0 Å². The van der Waals surface area contributed by atoms with Gasteiger partial charge in [-0.15, -0.1) is 0 Å². The van der Waals surface area contributed by atoms with Gasteiger partial charge in [0.25, 0.3) is 5.56 Å². The SMILES string of the molecule is O=c1[nH]cnc2cc(OCCOCc3ccccc3)c([N+](=O)[O-])cc12. The predicted octanol–water partition coefficient (Wildman–Crippen LogP) is 2.43. The number of hydrogen-bond donors (Lipinski definition) is 1. The predicted molar refractivity (Wildman–Crippen MR) is 90.6 cm³/mol. The van der Waals surface area contributed by atoms with Gasteiger partial charge in [0.2, 0.25) is 0 Å². The second kappa shape index (κ2) is 7.54. The van der Waals surface area contributed by atoms with Gasteiger partial charge >= 0.3 is 5.69 Å². The van der Waals surface area contributed by atoms with Crippen molar-refractivity contribution in [3.8, 4) is 5.75 Å². The van der Waals surface area contributed by atoms with E-state index < -0.39 is 10.5 Å². The molecular formula is C17H15N3O5. The van der Waals surface area contributed by atoms with Crippen LogP contribution in [-0.2, 0) is 11.3 Å². The van der Waals surface area contributed by atoms with Crippen LogP contribution < -0.4 is 10.3 Å². The van der Waals surface area contributed by atoms with Crippen LogP contribution in [0.1, 0.15) is 5.56 Å². The van der Waals surface area contributed by atoms with Crippen molar-refractivity contribution in [2.45, 2.75) is 6.61 Å². The highest BCUT2D eigenvalue weighted by Crippen LogP contribution is 2.30. The van der Waals surface area contributed by atoms with Gasteiger partial charge in [0.15, 0.2) is 5.75 Å². The van der Waals surface area contributed by atoms with Crippen molar-refractivity contribution in [2.75, 3.05) is 13.2 Å². The number of hydrogen-bond acceptors (Lipinski definition) is 6. The topological polar surface area (TPSA) is 107 Å². The van der Waals surface area contributed by atoms with E-state index in [1.165, 1.54) is 18.5 Å². The van der Waals surface area contributed by atoms with Crippen LogP contribution in [0.15, 0.2) is 53.6 Å². The lowest BCUT2D eigenvalue weighted by molar-refractivity contribution is -0.385. The molecule has 0 unspecified atom stereocenters. The van der Waals surface area contributed by atoms with Crippen LogP contribution in [0.25, 0.3) is 10.9 Å². The van der Waals surface area contributed by atoms with E-state index in [1.807, 2.05) is 30.3 Å². The van der Waals surface area contributed by atoms with Crippen LogP contribution in [0.5, 0.6) is 5.75 Å². The fourth-order valence-electron chi connectivity index (χ4n) is 2.32. The van der Waals surface area contributed by atoms with Crippen LogP contribution in [0, 0.1) is 10.1 Å². The summed E-state index contributed by atoms with van der Waals surface area (Å²) in [6, 6.07) is 12.2. The Labute approximate surface area is 142 Å². The van der Waals surface area contributed by atoms with Crippen molar-refractivity contribution in [3.63, 3.8) is 0 Å². The molecular weight excluding hydrogens is 326 g/mol. The summed E-state index contributed by atoms with van der Waals surface area (Å²) >= 11 is 0. The van der Waals surface area contributed by atoms with Gasteiger partial charge in [-0.25, -0.2) is 4.98 Å². The van der Waals surface area contributed by atoms with E-state index in [1.54, 1.807) is 0 Å². The number of rotatable bonds is 7. The molecule has 0 aliphatic heterocycles. The molecule has 8 heteroatoms. The van der Waals surface area contributed by atoms with Crippen molar-refractivity contribution in [2.24, 2.45) is 0 Å². The smallest absolute Gasteiger partial charge is 0.311 e. The average molecular weight is 341 g/mol. The van der Waals surface area contributed by atoms with E-state index in [0.29, 0.717) is 12.1 Å². The van der Waals surface area contributed by atoms with Gasteiger partial charge in [-0.2, -0.15) is 0 Å². The minimum atomic E-state index is -0.591. The van der Waals surface area contributed by atoms with Crippen molar-refractivity contribution in [1.29, 1.82) is 0 Å². The Morgan fingerprint density at radius 1 is 1.16 bits per heavy atom. The van der Waals surface area contributed by atoms with Crippen molar-refractivity contribution >= 4 is 16.6 Å². The Morgan fingerprint density at radius 2 is 1.96 bits per heavy atom. The van der Waals surface area contributed by atoms with Crippen molar-refractivity contribution < 1.29 is 14.4 Å². The third-order valence-electron chi connectivity index (χ3n) is 3.51. The van der Waals surface area contributed by atoms with Gasteiger partial charge in [0.1, 0.15) is 6.61 Å². The van der Waals surface area contributed by atoms with Crippen LogP contribution in [0.4, 0.5) is 5.69 Å². The Hall–Kier alpha value is -3.26. The molecule has 2 aromatic carbocycles. The molecule has 0 saturated heterocycles. The first kappa shape index (κ1) is 16.6. The second-order valence-electron chi connectivity index (χ2n) is 5.21. The summed E-state index contributed by atoms with van der Waals surface area (Å²) in [5.74, 6) is 0.0545. The highest BCUT2D eigenvalue weighted by atomic mass is 16.6. The molecule has 0 spiro atoms. The van der Waals surface area contributed by atoms with Gasteiger partial charge in [0, 0.05) is 12.1 Å². The number of nitro benzene ring substituents is 1. The van der Waals surface area contributed by atoms with E-state index in [-0.39, 0.29) is 30.0 Å². The fraction of sp³-hybridized carbons (Fsp3) is 0.176. The zero-order chi connectivity index (χ0) is 17.6. The molecule has 0 radical (unpaired) electrons. The Bertz CT molecular complexity index is 940. The van der Waals surface area contributed by atoms with Crippen LogP contribution in [0.2, 0.25) is 0 Å². The molecule has 128 valence electrons. The molecule has 25 heavy (non-hydrogen) atoms. The van der Waals surface area contributed by atoms with Crippen molar-refractivity contribution in [1.82, 2.24) is 9.97 Å². The lowest BCUT2D eigenvalue weighted by atomic mass is 10.2. The standard InChI is InChI=1S/C17H15N3O5/c21-17-13-8-15(20(22)23)16(9-14(13)18-11-19-17)25-7-6-24-10-12-4-2-1-3-5-12/h1-5,8-9,11H,6-7,10H2,(H,18,19,21). The zero-order valence-electron chi connectivity index (χ0n) is 13.2. The zero-order valence-corrected chi connectivity index (χ0v) is 13.2. The van der Waals surface area contributed by atoms with E-state index >= 15 is 0 Å². The number of benzene rings is 2.